The summed E-state index contributed by atoms with van der Waals surface area (Å²) in [6.07, 6.45) is 2.47. The number of aliphatic hydroxyl groups excluding tert-OH is 1. The van der Waals surface area contributed by atoms with Crippen LogP contribution in [0.1, 0.15) is 54.0 Å². The van der Waals surface area contributed by atoms with Crippen molar-refractivity contribution in [1.29, 1.82) is 0 Å². The Morgan fingerprint density at radius 2 is 1.82 bits per heavy atom. The van der Waals surface area contributed by atoms with Crippen LogP contribution in [0, 0.1) is 6.92 Å². The van der Waals surface area contributed by atoms with Gasteiger partial charge in [-0.15, -0.1) is 0 Å². The fourth-order valence-corrected chi connectivity index (χ4v) is 4.19. The normalized spacial score (nSPS) is 11.7. The average Bonchev–Trinajstić information content (AvgIpc) is 3.56. The van der Waals surface area contributed by atoms with Gasteiger partial charge in [-0.2, -0.15) is 10.1 Å². The molecular formula is C29H30N6O3. The first-order chi connectivity index (χ1) is 18.2. The highest BCUT2D eigenvalue weighted by molar-refractivity contribution is 5.93. The molecule has 194 valence electrons. The van der Waals surface area contributed by atoms with E-state index in [1.54, 1.807) is 0 Å². The van der Waals surface area contributed by atoms with Crippen molar-refractivity contribution in [3.05, 3.63) is 83.1 Å². The van der Waals surface area contributed by atoms with Gasteiger partial charge in [-0.05, 0) is 47.7 Å². The molecule has 9 nitrogen and oxygen atoms in total. The maximum Gasteiger partial charge on any atom is 0.315 e. The van der Waals surface area contributed by atoms with E-state index < -0.39 is 5.91 Å². The van der Waals surface area contributed by atoms with Crippen LogP contribution in [0.5, 0.6) is 0 Å². The zero-order chi connectivity index (χ0) is 26.9. The Balaban J connectivity index is 1.34. The number of nitrogens with zero attached hydrogens (tertiary/aromatic N) is 4. The van der Waals surface area contributed by atoms with Crippen molar-refractivity contribution in [1.82, 2.24) is 30.6 Å². The second kappa shape index (κ2) is 10.2. The quantitative estimate of drug-likeness (QED) is 0.288. The number of pyridine rings is 1. The van der Waals surface area contributed by atoms with Gasteiger partial charge in [0.1, 0.15) is 5.69 Å². The SMILES string of the molecule is Cc1cc(-c2n[nH]c3ncc(-c4ccc(CCO)cc4)cc23)ccc1CNC(=O)c1nc(C(C)(C)C)no1. The lowest BCUT2D eigenvalue weighted by Gasteiger charge is -2.11. The number of hydrogen-bond donors (Lipinski definition) is 3. The Hall–Kier alpha value is -4.37. The second-order valence-electron chi connectivity index (χ2n) is 10.4. The van der Waals surface area contributed by atoms with Gasteiger partial charge in [-0.25, -0.2) is 4.98 Å². The average molecular weight is 511 g/mol. The van der Waals surface area contributed by atoms with Crippen molar-refractivity contribution in [2.45, 2.75) is 46.1 Å². The molecule has 9 heteroatoms. The van der Waals surface area contributed by atoms with Gasteiger partial charge in [0.25, 0.3) is 0 Å². The molecule has 0 aliphatic carbocycles. The Bertz CT molecular complexity index is 1600. The molecule has 0 saturated heterocycles. The summed E-state index contributed by atoms with van der Waals surface area (Å²) >= 11 is 0. The van der Waals surface area contributed by atoms with Crippen LogP contribution in [-0.4, -0.2) is 42.9 Å². The number of hydrogen-bond acceptors (Lipinski definition) is 7. The van der Waals surface area contributed by atoms with Crippen molar-refractivity contribution >= 4 is 16.9 Å². The highest BCUT2D eigenvalue weighted by atomic mass is 16.5. The number of benzene rings is 2. The lowest BCUT2D eigenvalue weighted by molar-refractivity contribution is 0.0907. The van der Waals surface area contributed by atoms with E-state index >= 15 is 0 Å². The van der Waals surface area contributed by atoms with Gasteiger partial charge >= 0.3 is 11.8 Å². The summed E-state index contributed by atoms with van der Waals surface area (Å²) in [5.41, 5.74) is 7.29. The largest absolute Gasteiger partial charge is 0.396 e. The van der Waals surface area contributed by atoms with Crippen LogP contribution in [0.25, 0.3) is 33.4 Å². The molecule has 0 aliphatic rings. The minimum atomic E-state index is -0.405. The Labute approximate surface area is 220 Å². The molecule has 3 N–H and O–H groups in total. The zero-order valence-corrected chi connectivity index (χ0v) is 21.9. The van der Waals surface area contributed by atoms with Crippen molar-refractivity contribution in [2.24, 2.45) is 0 Å². The Morgan fingerprint density at radius 1 is 1.05 bits per heavy atom. The number of fused-ring (bicyclic) bond motifs is 1. The fraction of sp³-hybridized carbons (Fsp3) is 0.276. The third-order valence-corrected chi connectivity index (χ3v) is 6.45. The van der Waals surface area contributed by atoms with Gasteiger partial charge in [-0.1, -0.05) is 62.3 Å². The molecule has 0 aliphatic heterocycles. The standard InChI is InChI=1S/C29H30N6O3/c1-17-13-20(9-10-21(17)15-31-26(37)27-32-28(35-38-27)29(2,3)4)24-23-14-22(16-30-25(23)34-33-24)19-7-5-18(6-8-19)11-12-36/h5-10,13-14,16,36H,11-12,15H2,1-4H3,(H,31,37)(H,30,33,34). The summed E-state index contributed by atoms with van der Waals surface area (Å²) in [4.78, 5) is 21.3. The van der Waals surface area contributed by atoms with Crippen LogP contribution in [0.15, 0.2) is 59.3 Å². The Kier molecular flexibility index (Phi) is 6.77. The van der Waals surface area contributed by atoms with Gasteiger partial charge in [0.2, 0.25) is 0 Å². The molecule has 38 heavy (non-hydrogen) atoms. The third kappa shape index (κ3) is 5.19. The number of carbonyl (C=O) groups is 1. The number of aliphatic hydroxyl groups is 1. The van der Waals surface area contributed by atoms with E-state index in [9.17, 15) is 4.79 Å². The number of H-pyrrole nitrogens is 1. The maximum absolute atomic E-state index is 12.5. The van der Waals surface area contributed by atoms with E-state index in [1.807, 2.05) is 70.3 Å². The molecule has 0 radical (unpaired) electrons. The van der Waals surface area contributed by atoms with Gasteiger partial charge < -0.3 is 14.9 Å². The summed E-state index contributed by atoms with van der Waals surface area (Å²) in [6.45, 7) is 8.34. The molecule has 5 aromatic rings. The molecule has 3 heterocycles. The zero-order valence-electron chi connectivity index (χ0n) is 21.9. The second-order valence-corrected chi connectivity index (χ2v) is 10.4. The third-order valence-electron chi connectivity index (χ3n) is 6.45. The number of rotatable bonds is 7. The first kappa shape index (κ1) is 25.3. The van der Waals surface area contributed by atoms with Crippen LogP contribution < -0.4 is 5.32 Å². The van der Waals surface area contributed by atoms with E-state index in [2.05, 4.69) is 42.8 Å². The molecule has 5 rings (SSSR count). The maximum atomic E-state index is 12.5. The molecule has 0 fully saturated rings. The number of aryl methyl sites for hydroxylation is 1. The number of carbonyl (C=O) groups excluding carboxylic acids is 1. The van der Waals surface area contributed by atoms with Gasteiger partial charge in [0.05, 0.1) is 0 Å². The van der Waals surface area contributed by atoms with E-state index in [0.29, 0.717) is 24.4 Å². The number of aromatic nitrogens is 5. The summed E-state index contributed by atoms with van der Waals surface area (Å²) < 4.78 is 5.14. The molecule has 1 amide bonds. The summed E-state index contributed by atoms with van der Waals surface area (Å²) in [6, 6.07) is 16.2. The highest BCUT2D eigenvalue weighted by Crippen LogP contribution is 2.30. The van der Waals surface area contributed by atoms with Crippen LogP contribution >= 0.6 is 0 Å². The highest BCUT2D eigenvalue weighted by Gasteiger charge is 2.23. The van der Waals surface area contributed by atoms with Crippen molar-refractivity contribution in [3.8, 4) is 22.4 Å². The summed E-state index contributed by atoms with van der Waals surface area (Å²) in [7, 11) is 0. The van der Waals surface area contributed by atoms with Gasteiger partial charge in [0.15, 0.2) is 11.5 Å². The predicted molar refractivity (Wildman–Crippen MR) is 144 cm³/mol. The van der Waals surface area contributed by atoms with E-state index in [4.69, 9.17) is 9.63 Å². The molecule has 0 saturated carbocycles. The molecule has 2 aromatic carbocycles. The van der Waals surface area contributed by atoms with Crippen molar-refractivity contribution in [3.63, 3.8) is 0 Å². The molecule has 3 aromatic heterocycles. The lowest BCUT2D eigenvalue weighted by atomic mass is 9.96. The van der Waals surface area contributed by atoms with Crippen LogP contribution in [0.4, 0.5) is 0 Å². The lowest BCUT2D eigenvalue weighted by Crippen LogP contribution is -2.24. The predicted octanol–water partition coefficient (Wildman–Crippen LogP) is 4.75. The Morgan fingerprint density at radius 3 is 2.50 bits per heavy atom. The smallest absolute Gasteiger partial charge is 0.315 e. The molecule has 0 unspecified atom stereocenters. The topological polar surface area (TPSA) is 130 Å². The number of amides is 1. The first-order valence-electron chi connectivity index (χ1n) is 12.5. The fourth-order valence-electron chi connectivity index (χ4n) is 4.19. The summed E-state index contributed by atoms with van der Waals surface area (Å²) in [5.74, 6) is 0.0436. The van der Waals surface area contributed by atoms with Gasteiger partial charge in [-0.3, -0.25) is 9.89 Å². The molecular weight excluding hydrogens is 480 g/mol. The number of nitrogens with one attached hydrogen (secondary N) is 2. The molecule has 0 spiro atoms. The summed E-state index contributed by atoms with van der Waals surface area (Å²) in [5, 5.41) is 24.4. The van der Waals surface area contributed by atoms with E-state index in [1.165, 1.54) is 0 Å². The number of aromatic amines is 1. The van der Waals surface area contributed by atoms with E-state index in [-0.39, 0.29) is 17.9 Å². The molecule has 0 bridgehead atoms. The van der Waals surface area contributed by atoms with E-state index in [0.717, 1.165) is 44.5 Å². The van der Waals surface area contributed by atoms with Crippen LogP contribution in [0.3, 0.4) is 0 Å². The monoisotopic (exact) mass is 510 g/mol. The van der Waals surface area contributed by atoms with Crippen molar-refractivity contribution in [2.75, 3.05) is 6.61 Å². The van der Waals surface area contributed by atoms with Crippen LogP contribution in [-0.2, 0) is 18.4 Å². The molecule has 0 atom stereocenters. The van der Waals surface area contributed by atoms with Crippen molar-refractivity contribution < 1.29 is 14.4 Å². The minimum Gasteiger partial charge on any atom is -0.396 e. The van der Waals surface area contributed by atoms with Gasteiger partial charge in [0, 0.05) is 41.3 Å². The first-order valence-corrected chi connectivity index (χ1v) is 12.5. The van der Waals surface area contributed by atoms with Crippen LogP contribution in [0.2, 0.25) is 0 Å². The minimum absolute atomic E-state index is 0.0430.